The zero-order valence-electron chi connectivity index (χ0n) is 9.18. The molecule has 1 amide bonds. The van der Waals surface area contributed by atoms with Crippen LogP contribution in [0, 0.1) is 0 Å². The van der Waals surface area contributed by atoms with Gasteiger partial charge in [-0.3, -0.25) is 4.79 Å². The van der Waals surface area contributed by atoms with E-state index in [0.717, 1.165) is 5.56 Å². The molecule has 0 atom stereocenters. The molecule has 0 fully saturated rings. The average molecular weight is 235 g/mol. The van der Waals surface area contributed by atoms with Crippen LogP contribution in [0.4, 0.5) is 5.69 Å². The van der Waals surface area contributed by atoms with Crippen LogP contribution < -0.4 is 5.32 Å². The quantitative estimate of drug-likeness (QED) is 0.780. The summed E-state index contributed by atoms with van der Waals surface area (Å²) in [6, 6.07) is 7.07. The highest BCUT2D eigenvalue weighted by atomic mass is 16.5. The molecule has 90 valence electrons. The van der Waals surface area contributed by atoms with E-state index in [4.69, 9.17) is 5.11 Å². The predicted molar refractivity (Wildman–Crippen MR) is 63.6 cm³/mol. The minimum absolute atomic E-state index is 0.282. The Kier molecular flexibility index (Phi) is 4.90. The minimum atomic E-state index is -1.10. The SMILES string of the molecule is C=Cc1ccc(NC(=O)COCC(=O)O)cc1. The topological polar surface area (TPSA) is 75.6 Å². The van der Waals surface area contributed by atoms with Crippen LogP contribution in [0.15, 0.2) is 30.8 Å². The van der Waals surface area contributed by atoms with Crippen LogP contribution in [-0.2, 0) is 14.3 Å². The largest absolute Gasteiger partial charge is 0.480 e. The van der Waals surface area contributed by atoms with Gasteiger partial charge in [0.15, 0.2) is 0 Å². The van der Waals surface area contributed by atoms with Gasteiger partial charge in [0.05, 0.1) is 0 Å². The van der Waals surface area contributed by atoms with Crippen molar-refractivity contribution in [1.29, 1.82) is 0 Å². The van der Waals surface area contributed by atoms with Gasteiger partial charge in [0.1, 0.15) is 13.2 Å². The number of hydrogen-bond donors (Lipinski definition) is 2. The summed E-state index contributed by atoms with van der Waals surface area (Å²) in [7, 11) is 0. The second-order valence-corrected chi connectivity index (χ2v) is 3.26. The van der Waals surface area contributed by atoms with Crippen molar-refractivity contribution in [2.75, 3.05) is 18.5 Å². The first-order valence-corrected chi connectivity index (χ1v) is 4.93. The number of ether oxygens (including phenoxy) is 1. The van der Waals surface area contributed by atoms with E-state index in [1.165, 1.54) is 0 Å². The molecule has 0 unspecified atom stereocenters. The van der Waals surface area contributed by atoms with Gasteiger partial charge in [-0.25, -0.2) is 4.79 Å². The molecule has 5 nitrogen and oxygen atoms in total. The number of rotatable bonds is 6. The fourth-order valence-corrected chi connectivity index (χ4v) is 1.13. The number of amides is 1. The molecule has 0 aliphatic heterocycles. The third-order valence-corrected chi connectivity index (χ3v) is 1.89. The van der Waals surface area contributed by atoms with Gasteiger partial charge in [-0.05, 0) is 17.7 Å². The Morgan fingerprint density at radius 3 is 2.47 bits per heavy atom. The molecule has 1 aromatic carbocycles. The summed E-state index contributed by atoms with van der Waals surface area (Å²) < 4.78 is 4.65. The van der Waals surface area contributed by atoms with Gasteiger partial charge in [0.25, 0.3) is 0 Å². The first-order valence-electron chi connectivity index (χ1n) is 4.93. The minimum Gasteiger partial charge on any atom is -0.480 e. The van der Waals surface area contributed by atoms with Gasteiger partial charge in [-0.15, -0.1) is 0 Å². The second kappa shape index (κ2) is 6.44. The third-order valence-electron chi connectivity index (χ3n) is 1.89. The van der Waals surface area contributed by atoms with E-state index in [9.17, 15) is 9.59 Å². The summed E-state index contributed by atoms with van der Waals surface area (Å²) in [5, 5.41) is 10.9. The molecule has 0 spiro atoms. The Hall–Kier alpha value is -2.14. The number of carboxylic acid groups (broad SMARTS) is 1. The van der Waals surface area contributed by atoms with Crippen LogP contribution in [0.25, 0.3) is 6.08 Å². The van der Waals surface area contributed by atoms with E-state index in [-0.39, 0.29) is 6.61 Å². The molecule has 0 aliphatic rings. The van der Waals surface area contributed by atoms with Crippen molar-refractivity contribution in [2.24, 2.45) is 0 Å². The Morgan fingerprint density at radius 2 is 1.94 bits per heavy atom. The molecule has 0 saturated heterocycles. The fraction of sp³-hybridized carbons (Fsp3) is 0.167. The lowest BCUT2D eigenvalue weighted by atomic mass is 10.2. The van der Waals surface area contributed by atoms with Gasteiger partial charge in [-0.1, -0.05) is 24.8 Å². The molecule has 0 aromatic heterocycles. The lowest BCUT2D eigenvalue weighted by molar-refractivity contribution is -0.143. The maximum absolute atomic E-state index is 11.3. The molecule has 2 N–H and O–H groups in total. The lowest BCUT2D eigenvalue weighted by Gasteiger charge is -2.05. The van der Waals surface area contributed by atoms with Crippen LogP contribution in [0.2, 0.25) is 0 Å². The Bertz CT molecular complexity index is 411. The van der Waals surface area contributed by atoms with Crippen molar-refractivity contribution < 1.29 is 19.4 Å². The Morgan fingerprint density at radius 1 is 1.29 bits per heavy atom. The molecular weight excluding hydrogens is 222 g/mol. The van der Waals surface area contributed by atoms with Crippen molar-refractivity contribution >= 4 is 23.6 Å². The smallest absolute Gasteiger partial charge is 0.329 e. The molecule has 0 bridgehead atoms. The van der Waals surface area contributed by atoms with E-state index in [0.29, 0.717) is 5.69 Å². The number of anilines is 1. The summed E-state index contributed by atoms with van der Waals surface area (Å²) in [5.74, 6) is -1.49. The lowest BCUT2D eigenvalue weighted by Crippen LogP contribution is -2.20. The first kappa shape index (κ1) is 12.9. The zero-order chi connectivity index (χ0) is 12.7. The van der Waals surface area contributed by atoms with Crippen LogP contribution in [-0.4, -0.2) is 30.2 Å². The highest BCUT2D eigenvalue weighted by Crippen LogP contribution is 2.09. The highest BCUT2D eigenvalue weighted by molar-refractivity contribution is 5.91. The van der Waals surface area contributed by atoms with E-state index >= 15 is 0 Å². The number of aliphatic carboxylic acids is 1. The van der Waals surface area contributed by atoms with Crippen molar-refractivity contribution in [3.63, 3.8) is 0 Å². The molecule has 0 aliphatic carbocycles. The maximum Gasteiger partial charge on any atom is 0.329 e. The van der Waals surface area contributed by atoms with E-state index in [1.54, 1.807) is 30.3 Å². The van der Waals surface area contributed by atoms with Crippen LogP contribution in [0.3, 0.4) is 0 Å². The average Bonchev–Trinajstić information content (AvgIpc) is 2.29. The Labute approximate surface area is 98.7 Å². The maximum atomic E-state index is 11.3. The van der Waals surface area contributed by atoms with Crippen molar-refractivity contribution in [1.82, 2.24) is 0 Å². The van der Waals surface area contributed by atoms with E-state index in [1.807, 2.05) is 0 Å². The summed E-state index contributed by atoms with van der Waals surface area (Å²) >= 11 is 0. The molecular formula is C12H13NO4. The van der Waals surface area contributed by atoms with Gasteiger partial charge in [0, 0.05) is 5.69 Å². The number of benzene rings is 1. The monoisotopic (exact) mass is 235 g/mol. The summed E-state index contributed by atoms with van der Waals surface area (Å²) in [4.78, 5) is 21.4. The van der Waals surface area contributed by atoms with Gasteiger partial charge < -0.3 is 15.2 Å². The highest BCUT2D eigenvalue weighted by Gasteiger charge is 2.04. The molecule has 0 saturated carbocycles. The molecule has 1 aromatic rings. The predicted octanol–water partition coefficient (Wildman–Crippen LogP) is 1.37. The summed E-state index contributed by atoms with van der Waals surface area (Å²) in [6.07, 6.45) is 1.70. The number of hydrogen-bond acceptors (Lipinski definition) is 3. The Balaban J connectivity index is 2.39. The van der Waals surface area contributed by atoms with Crippen molar-refractivity contribution in [3.05, 3.63) is 36.4 Å². The zero-order valence-corrected chi connectivity index (χ0v) is 9.18. The third kappa shape index (κ3) is 4.94. The number of carbonyl (C=O) groups is 2. The first-order chi connectivity index (χ1) is 8.11. The van der Waals surface area contributed by atoms with Gasteiger partial charge in [0.2, 0.25) is 5.91 Å². The summed E-state index contributed by atoms with van der Waals surface area (Å²) in [5.41, 5.74) is 1.57. The standard InChI is InChI=1S/C12H13NO4/c1-2-9-3-5-10(6-4-9)13-11(14)7-17-8-12(15)16/h2-6H,1,7-8H2,(H,13,14)(H,15,16). The molecule has 0 radical (unpaired) electrons. The molecule has 17 heavy (non-hydrogen) atoms. The van der Waals surface area contributed by atoms with Crippen LogP contribution >= 0.6 is 0 Å². The van der Waals surface area contributed by atoms with Gasteiger partial charge in [-0.2, -0.15) is 0 Å². The van der Waals surface area contributed by atoms with E-state index < -0.39 is 18.5 Å². The molecule has 1 rings (SSSR count). The number of carboxylic acids is 1. The van der Waals surface area contributed by atoms with E-state index in [2.05, 4.69) is 16.6 Å². The molecule has 5 heteroatoms. The van der Waals surface area contributed by atoms with Crippen molar-refractivity contribution in [2.45, 2.75) is 0 Å². The normalized spacial score (nSPS) is 9.65. The van der Waals surface area contributed by atoms with Crippen LogP contribution in [0.5, 0.6) is 0 Å². The number of nitrogens with one attached hydrogen (secondary N) is 1. The molecule has 0 heterocycles. The second-order valence-electron chi connectivity index (χ2n) is 3.26. The number of carbonyl (C=O) groups excluding carboxylic acids is 1. The fourth-order valence-electron chi connectivity index (χ4n) is 1.13. The van der Waals surface area contributed by atoms with Crippen molar-refractivity contribution in [3.8, 4) is 0 Å². The van der Waals surface area contributed by atoms with Crippen LogP contribution in [0.1, 0.15) is 5.56 Å². The van der Waals surface area contributed by atoms with Gasteiger partial charge >= 0.3 is 5.97 Å². The summed E-state index contributed by atoms with van der Waals surface area (Å²) in [6.45, 7) is 2.85.